The summed E-state index contributed by atoms with van der Waals surface area (Å²) in [5.41, 5.74) is 1.54. The maximum Gasteiger partial charge on any atom is 0.303 e. The number of carboxylic acids is 1. The molecule has 4 rings (SSSR count). The smallest absolute Gasteiger partial charge is 0.303 e. The molecule has 3 heterocycles. The van der Waals surface area contributed by atoms with E-state index in [0.717, 1.165) is 25.7 Å². The lowest BCUT2D eigenvalue weighted by molar-refractivity contribution is -0.136. The van der Waals surface area contributed by atoms with Gasteiger partial charge in [-0.1, -0.05) is 0 Å². The first-order valence-corrected chi connectivity index (χ1v) is 10.5. The lowest BCUT2D eigenvalue weighted by Gasteiger charge is -2.05. The summed E-state index contributed by atoms with van der Waals surface area (Å²) in [6.07, 6.45) is 4.33. The third-order valence-electron chi connectivity index (χ3n) is 4.32. The average Bonchev–Trinajstić information content (AvgIpc) is 3.38. The molecule has 9 heteroatoms. The van der Waals surface area contributed by atoms with Gasteiger partial charge < -0.3 is 9.52 Å². The van der Waals surface area contributed by atoms with E-state index in [2.05, 4.69) is 0 Å². The fraction of sp³-hybridized carbons (Fsp3) is 0.105. The van der Waals surface area contributed by atoms with Crippen molar-refractivity contribution in [1.82, 2.24) is 3.97 Å². The van der Waals surface area contributed by atoms with Crippen LogP contribution in [0.2, 0.25) is 0 Å². The maximum absolute atomic E-state index is 13.7. The Kier molecular flexibility index (Phi) is 4.56. The van der Waals surface area contributed by atoms with Gasteiger partial charge in [0.1, 0.15) is 10.0 Å². The standard InChI is InChI=1S/C19H14FNO5S2/c20-14-2-3-16-15(9-14)12(1-5-18(22)23)10-21(16)28(24,25)19-6-4-17(27-19)13-7-8-26-11-13/h2-4,6-11H,1,5H2,(H,22,23). The van der Waals surface area contributed by atoms with E-state index >= 15 is 0 Å². The number of halogens is 1. The van der Waals surface area contributed by atoms with E-state index in [9.17, 15) is 17.6 Å². The van der Waals surface area contributed by atoms with Crippen LogP contribution in [-0.4, -0.2) is 23.5 Å². The quantitative estimate of drug-likeness (QED) is 0.502. The maximum atomic E-state index is 13.7. The molecule has 0 bridgehead atoms. The van der Waals surface area contributed by atoms with E-state index < -0.39 is 21.8 Å². The number of aryl methyl sites for hydroxylation is 1. The number of hydrogen-bond donors (Lipinski definition) is 1. The Morgan fingerprint density at radius 1 is 1.21 bits per heavy atom. The minimum Gasteiger partial charge on any atom is -0.481 e. The second-order valence-corrected chi connectivity index (χ2v) is 9.27. The summed E-state index contributed by atoms with van der Waals surface area (Å²) in [6.45, 7) is 0. The molecular formula is C19H14FNO5S2. The molecule has 6 nitrogen and oxygen atoms in total. The van der Waals surface area contributed by atoms with Gasteiger partial charge >= 0.3 is 5.97 Å². The third kappa shape index (κ3) is 3.23. The number of benzene rings is 1. The predicted octanol–water partition coefficient (Wildman–Crippen LogP) is 4.36. The molecule has 0 atom stereocenters. The first-order valence-electron chi connectivity index (χ1n) is 8.25. The molecule has 0 aliphatic rings. The monoisotopic (exact) mass is 419 g/mol. The highest BCUT2D eigenvalue weighted by Gasteiger charge is 2.24. The lowest BCUT2D eigenvalue weighted by atomic mass is 10.1. The van der Waals surface area contributed by atoms with Crippen LogP contribution in [0.25, 0.3) is 21.3 Å². The number of carboxylic acid groups (broad SMARTS) is 1. The van der Waals surface area contributed by atoms with Gasteiger partial charge in [-0.25, -0.2) is 8.36 Å². The summed E-state index contributed by atoms with van der Waals surface area (Å²) in [5.74, 6) is -1.53. The number of furan rings is 1. The van der Waals surface area contributed by atoms with Gasteiger partial charge in [-0.3, -0.25) is 4.79 Å². The van der Waals surface area contributed by atoms with Crippen molar-refractivity contribution in [2.24, 2.45) is 0 Å². The first kappa shape index (κ1) is 18.5. The molecule has 4 aromatic rings. The van der Waals surface area contributed by atoms with Crippen molar-refractivity contribution in [3.8, 4) is 10.4 Å². The van der Waals surface area contributed by atoms with Crippen molar-refractivity contribution in [2.45, 2.75) is 17.1 Å². The van der Waals surface area contributed by atoms with E-state index in [-0.39, 0.29) is 17.1 Å². The van der Waals surface area contributed by atoms with Crippen LogP contribution >= 0.6 is 11.3 Å². The molecule has 0 saturated carbocycles. The Labute approximate surface area is 163 Å². The molecule has 1 N–H and O–H groups in total. The normalized spacial score (nSPS) is 11.9. The fourth-order valence-corrected chi connectivity index (χ4v) is 5.77. The molecule has 0 aliphatic heterocycles. The van der Waals surface area contributed by atoms with Crippen molar-refractivity contribution in [3.05, 3.63) is 66.5 Å². The second-order valence-electron chi connectivity index (χ2n) is 6.14. The average molecular weight is 419 g/mol. The minimum absolute atomic E-state index is 0.0997. The van der Waals surface area contributed by atoms with Gasteiger partial charge in [0.15, 0.2) is 0 Å². The molecule has 3 aromatic heterocycles. The molecular weight excluding hydrogens is 405 g/mol. The molecule has 0 spiro atoms. The van der Waals surface area contributed by atoms with Crippen molar-refractivity contribution < 1.29 is 27.1 Å². The number of thiophene rings is 1. The van der Waals surface area contributed by atoms with Gasteiger partial charge in [0.2, 0.25) is 0 Å². The third-order valence-corrected chi connectivity index (χ3v) is 7.60. The molecule has 0 aliphatic carbocycles. The molecule has 1 aromatic carbocycles. The minimum atomic E-state index is -3.93. The van der Waals surface area contributed by atoms with Gasteiger partial charge in [0.25, 0.3) is 10.0 Å². The van der Waals surface area contributed by atoms with Crippen LogP contribution in [0.1, 0.15) is 12.0 Å². The van der Waals surface area contributed by atoms with Crippen molar-refractivity contribution >= 4 is 38.2 Å². The fourth-order valence-electron chi connectivity index (χ4n) is 2.99. The van der Waals surface area contributed by atoms with E-state index in [1.54, 1.807) is 12.1 Å². The van der Waals surface area contributed by atoms with E-state index in [0.29, 0.717) is 16.5 Å². The molecule has 0 saturated heterocycles. The van der Waals surface area contributed by atoms with Crippen LogP contribution in [0.3, 0.4) is 0 Å². The Morgan fingerprint density at radius 2 is 2.04 bits per heavy atom. The Hall–Kier alpha value is -2.91. The van der Waals surface area contributed by atoms with Crippen LogP contribution in [0.15, 0.2) is 63.7 Å². The zero-order valence-electron chi connectivity index (χ0n) is 14.3. The van der Waals surface area contributed by atoms with E-state index in [1.807, 2.05) is 0 Å². The van der Waals surface area contributed by atoms with Gasteiger partial charge in [-0.15, -0.1) is 11.3 Å². The predicted molar refractivity (Wildman–Crippen MR) is 102 cm³/mol. The molecule has 0 amide bonds. The number of nitrogens with zero attached hydrogens (tertiary/aromatic N) is 1. The van der Waals surface area contributed by atoms with Gasteiger partial charge in [0.05, 0.1) is 18.0 Å². The SMILES string of the molecule is O=C(O)CCc1cn(S(=O)(=O)c2ccc(-c3ccoc3)s2)c2ccc(F)cc12. The van der Waals surface area contributed by atoms with E-state index in [1.165, 1.54) is 43.0 Å². The van der Waals surface area contributed by atoms with Crippen LogP contribution in [0, 0.1) is 5.82 Å². The number of rotatable bonds is 6. The van der Waals surface area contributed by atoms with Crippen molar-refractivity contribution in [1.29, 1.82) is 0 Å². The van der Waals surface area contributed by atoms with Gasteiger partial charge in [-0.05, 0) is 48.4 Å². The summed E-state index contributed by atoms with van der Waals surface area (Å²) < 4.78 is 46.4. The number of carbonyl (C=O) groups is 1. The number of fused-ring (bicyclic) bond motifs is 1. The lowest BCUT2D eigenvalue weighted by Crippen LogP contribution is -2.10. The molecule has 0 fully saturated rings. The van der Waals surface area contributed by atoms with Crippen LogP contribution in [0.4, 0.5) is 4.39 Å². The summed E-state index contributed by atoms with van der Waals surface area (Å²) in [6, 6.07) is 8.73. The summed E-state index contributed by atoms with van der Waals surface area (Å²) in [5, 5.41) is 9.32. The Bertz CT molecular complexity index is 1270. The topological polar surface area (TPSA) is 89.5 Å². The van der Waals surface area contributed by atoms with Crippen LogP contribution in [-0.2, 0) is 21.2 Å². The summed E-state index contributed by atoms with van der Waals surface area (Å²) in [7, 11) is -3.93. The highest BCUT2D eigenvalue weighted by molar-refractivity contribution is 7.92. The number of aliphatic carboxylic acids is 1. The van der Waals surface area contributed by atoms with Crippen molar-refractivity contribution in [2.75, 3.05) is 0 Å². The molecule has 144 valence electrons. The van der Waals surface area contributed by atoms with Crippen LogP contribution < -0.4 is 0 Å². The number of aromatic nitrogens is 1. The highest BCUT2D eigenvalue weighted by atomic mass is 32.2. The Balaban J connectivity index is 1.82. The second kappa shape index (κ2) is 6.92. The summed E-state index contributed by atoms with van der Waals surface area (Å²) >= 11 is 1.09. The number of hydrogen-bond acceptors (Lipinski definition) is 5. The van der Waals surface area contributed by atoms with Gasteiger partial charge in [-0.2, -0.15) is 8.42 Å². The molecule has 0 radical (unpaired) electrons. The molecule has 0 unspecified atom stereocenters. The van der Waals surface area contributed by atoms with E-state index in [4.69, 9.17) is 9.52 Å². The van der Waals surface area contributed by atoms with Crippen molar-refractivity contribution in [3.63, 3.8) is 0 Å². The van der Waals surface area contributed by atoms with Crippen LogP contribution in [0.5, 0.6) is 0 Å². The highest BCUT2D eigenvalue weighted by Crippen LogP contribution is 2.34. The largest absolute Gasteiger partial charge is 0.481 e. The first-order chi connectivity index (χ1) is 13.4. The Morgan fingerprint density at radius 3 is 2.75 bits per heavy atom. The molecule has 28 heavy (non-hydrogen) atoms. The zero-order valence-corrected chi connectivity index (χ0v) is 16.0. The summed E-state index contributed by atoms with van der Waals surface area (Å²) in [4.78, 5) is 11.6. The zero-order chi connectivity index (χ0) is 19.9. The van der Waals surface area contributed by atoms with Gasteiger partial charge in [0, 0.05) is 28.4 Å².